The van der Waals surface area contributed by atoms with Crippen molar-refractivity contribution >= 4 is 11.3 Å². The highest BCUT2D eigenvalue weighted by Gasteiger charge is 2.34. The summed E-state index contributed by atoms with van der Waals surface area (Å²) < 4.78 is 51.5. The van der Waals surface area contributed by atoms with Crippen molar-refractivity contribution in [1.29, 1.82) is 0 Å². The number of thiophene rings is 1. The maximum atomic E-state index is 13.7. The van der Waals surface area contributed by atoms with E-state index in [9.17, 15) is 17.6 Å². The Kier molecular flexibility index (Phi) is 5.00. The van der Waals surface area contributed by atoms with E-state index in [-0.39, 0.29) is 6.04 Å². The van der Waals surface area contributed by atoms with Gasteiger partial charge in [-0.25, -0.2) is 4.39 Å². The molecule has 0 spiro atoms. The average molecular weight is 317 g/mol. The number of nitrogens with one attached hydrogen (secondary N) is 1. The molecular formula is C15H15F4NS. The van der Waals surface area contributed by atoms with Crippen LogP contribution in [0.25, 0.3) is 0 Å². The first-order valence-electron chi connectivity index (χ1n) is 6.57. The van der Waals surface area contributed by atoms with Crippen LogP contribution >= 0.6 is 11.3 Å². The van der Waals surface area contributed by atoms with Crippen LogP contribution in [0.3, 0.4) is 0 Å². The van der Waals surface area contributed by atoms with Crippen LogP contribution in [0.15, 0.2) is 35.7 Å². The maximum absolute atomic E-state index is 13.7. The number of halogens is 4. The second-order valence-electron chi connectivity index (χ2n) is 4.64. The molecule has 0 aliphatic heterocycles. The van der Waals surface area contributed by atoms with Crippen molar-refractivity contribution in [3.8, 4) is 0 Å². The van der Waals surface area contributed by atoms with Gasteiger partial charge in [-0.1, -0.05) is 19.1 Å². The van der Waals surface area contributed by atoms with Crippen molar-refractivity contribution in [2.75, 3.05) is 6.54 Å². The Bertz CT molecular complexity index is 578. The van der Waals surface area contributed by atoms with Gasteiger partial charge in [0.1, 0.15) is 5.82 Å². The van der Waals surface area contributed by atoms with Crippen LogP contribution in [-0.2, 0) is 6.18 Å². The first-order valence-corrected chi connectivity index (χ1v) is 7.45. The summed E-state index contributed by atoms with van der Waals surface area (Å²) in [7, 11) is 0. The minimum atomic E-state index is -4.67. The van der Waals surface area contributed by atoms with E-state index in [1.54, 1.807) is 0 Å². The van der Waals surface area contributed by atoms with Crippen LogP contribution in [0, 0.1) is 5.82 Å². The average Bonchev–Trinajstić information content (AvgIpc) is 2.91. The molecule has 1 unspecified atom stereocenters. The van der Waals surface area contributed by atoms with Crippen LogP contribution in [0.4, 0.5) is 17.6 Å². The Morgan fingerprint density at radius 2 is 2.00 bits per heavy atom. The summed E-state index contributed by atoms with van der Waals surface area (Å²) in [5.41, 5.74) is -0.733. The zero-order chi connectivity index (χ0) is 15.5. The number of rotatable bonds is 5. The third-order valence-electron chi connectivity index (χ3n) is 3.06. The van der Waals surface area contributed by atoms with Gasteiger partial charge in [-0.05, 0) is 42.1 Å². The summed E-state index contributed by atoms with van der Waals surface area (Å²) in [5, 5.41) is 5.12. The lowest BCUT2D eigenvalue weighted by Gasteiger charge is -2.19. The Hall–Kier alpha value is -1.40. The molecule has 1 heterocycles. The summed E-state index contributed by atoms with van der Waals surface area (Å²) >= 11 is 1.48. The van der Waals surface area contributed by atoms with Gasteiger partial charge in [-0.3, -0.25) is 0 Å². The van der Waals surface area contributed by atoms with Crippen molar-refractivity contribution in [2.24, 2.45) is 0 Å². The van der Waals surface area contributed by atoms with Gasteiger partial charge < -0.3 is 5.32 Å². The van der Waals surface area contributed by atoms with E-state index in [0.29, 0.717) is 12.1 Å². The third-order valence-corrected chi connectivity index (χ3v) is 4.00. The molecule has 0 bridgehead atoms. The molecular weight excluding hydrogens is 302 g/mol. The van der Waals surface area contributed by atoms with Gasteiger partial charge in [0.15, 0.2) is 0 Å². The second kappa shape index (κ2) is 6.58. The Morgan fingerprint density at radius 1 is 1.24 bits per heavy atom. The first kappa shape index (κ1) is 16.0. The van der Waals surface area contributed by atoms with Crippen molar-refractivity contribution in [2.45, 2.75) is 25.6 Å². The maximum Gasteiger partial charge on any atom is 0.419 e. The fourth-order valence-electron chi connectivity index (χ4n) is 2.07. The SMILES string of the molecule is CCCNC(c1ccc(C(F)(F)F)c(F)c1)c1cccs1. The van der Waals surface area contributed by atoms with Gasteiger partial charge in [-0.15, -0.1) is 11.3 Å². The molecule has 1 aromatic heterocycles. The molecule has 0 fully saturated rings. The Balaban J connectivity index is 2.35. The van der Waals surface area contributed by atoms with Crippen molar-refractivity contribution in [3.63, 3.8) is 0 Å². The van der Waals surface area contributed by atoms with Crippen LogP contribution in [0.2, 0.25) is 0 Å². The highest BCUT2D eigenvalue weighted by atomic mass is 32.1. The smallest absolute Gasteiger partial charge is 0.306 e. The molecule has 1 atom stereocenters. The lowest BCUT2D eigenvalue weighted by Crippen LogP contribution is -2.23. The van der Waals surface area contributed by atoms with Gasteiger partial charge in [0.05, 0.1) is 11.6 Å². The Morgan fingerprint density at radius 3 is 2.52 bits per heavy atom. The minimum Gasteiger partial charge on any atom is -0.306 e. The van der Waals surface area contributed by atoms with E-state index in [1.165, 1.54) is 17.4 Å². The zero-order valence-electron chi connectivity index (χ0n) is 11.4. The Labute approximate surface area is 124 Å². The summed E-state index contributed by atoms with van der Waals surface area (Å²) in [5.74, 6) is -1.24. The summed E-state index contributed by atoms with van der Waals surface area (Å²) in [6.45, 7) is 2.69. The molecule has 2 aromatic rings. The predicted molar refractivity (Wildman–Crippen MR) is 75.9 cm³/mol. The molecule has 1 aromatic carbocycles. The van der Waals surface area contributed by atoms with Gasteiger partial charge in [-0.2, -0.15) is 13.2 Å². The molecule has 1 nitrogen and oxygen atoms in total. The number of hydrogen-bond donors (Lipinski definition) is 1. The van der Waals surface area contributed by atoms with Gasteiger partial charge in [0.2, 0.25) is 0 Å². The molecule has 0 saturated heterocycles. The predicted octanol–water partition coefficient (Wildman–Crippen LogP) is 5.00. The van der Waals surface area contributed by atoms with E-state index < -0.39 is 17.6 Å². The summed E-state index contributed by atoms with van der Waals surface area (Å²) in [4.78, 5) is 0.947. The highest BCUT2D eigenvalue weighted by Crippen LogP contribution is 2.34. The number of alkyl halides is 3. The first-order chi connectivity index (χ1) is 9.93. The molecule has 0 saturated carbocycles. The molecule has 0 aliphatic carbocycles. The van der Waals surface area contributed by atoms with Gasteiger partial charge in [0.25, 0.3) is 0 Å². The largest absolute Gasteiger partial charge is 0.419 e. The van der Waals surface area contributed by atoms with Crippen molar-refractivity contribution < 1.29 is 17.6 Å². The van der Waals surface area contributed by atoms with Crippen LogP contribution in [0.5, 0.6) is 0 Å². The van der Waals surface area contributed by atoms with E-state index in [1.807, 2.05) is 24.4 Å². The molecule has 2 rings (SSSR count). The topological polar surface area (TPSA) is 12.0 Å². The van der Waals surface area contributed by atoms with E-state index in [4.69, 9.17) is 0 Å². The highest BCUT2D eigenvalue weighted by molar-refractivity contribution is 7.10. The zero-order valence-corrected chi connectivity index (χ0v) is 12.2. The summed E-state index contributed by atoms with van der Waals surface area (Å²) in [6.07, 6.45) is -3.79. The fraction of sp³-hybridized carbons (Fsp3) is 0.333. The molecule has 1 N–H and O–H groups in total. The lowest BCUT2D eigenvalue weighted by molar-refractivity contribution is -0.140. The molecule has 0 amide bonds. The number of hydrogen-bond acceptors (Lipinski definition) is 2. The third kappa shape index (κ3) is 3.83. The van der Waals surface area contributed by atoms with Gasteiger partial charge in [0, 0.05) is 4.88 Å². The van der Waals surface area contributed by atoms with Crippen LogP contribution < -0.4 is 5.32 Å². The summed E-state index contributed by atoms with van der Waals surface area (Å²) in [6, 6.07) is 6.56. The van der Waals surface area contributed by atoms with Crippen molar-refractivity contribution in [3.05, 3.63) is 57.5 Å². The molecule has 114 valence electrons. The van der Waals surface area contributed by atoms with Gasteiger partial charge >= 0.3 is 6.18 Å². The quantitative estimate of drug-likeness (QED) is 0.766. The second-order valence-corrected chi connectivity index (χ2v) is 5.62. The van der Waals surface area contributed by atoms with Crippen LogP contribution in [-0.4, -0.2) is 6.54 Å². The monoisotopic (exact) mass is 317 g/mol. The van der Waals surface area contributed by atoms with E-state index >= 15 is 0 Å². The molecule has 6 heteroatoms. The molecule has 0 aliphatic rings. The molecule has 21 heavy (non-hydrogen) atoms. The van der Waals surface area contributed by atoms with Crippen molar-refractivity contribution in [1.82, 2.24) is 5.32 Å². The molecule has 0 radical (unpaired) electrons. The standard InChI is InChI=1S/C15H15F4NS/c1-2-7-20-14(13-4-3-8-21-13)10-5-6-11(12(16)9-10)15(17,18)19/h3-6,8-9,14,20H,2,7H2,1H3. The lowest BCUT2D eigenvalue weighted by atomic mass is 10.0. The van der Waals surface area contributed by atoms with E-state index in [0.717, 1.165) is 23.4 Å². The number of benzene rings is 1. The fourth-order valence-corrected chi connectivity index (χ4v) is 2.89. The van der Waals surface area contributed by atoms with E-state index in [2.05, 4.69) is 5.32 Å². The normalized spacial score (nSPS) is 13.4. The van der Waals surface area contributed by atoms with Crippen LogP contribution in [0.1, 0.15) is 35.4 Å². The minimum absolute atomic E-state index is 0.290.